The fourth-order valence-corrected chi connectivity index (χ4v) is 2.21. The van der Waals surface area contributed by atoms with Gasteiger partial charge in [-0.3, -0.25) is 4.79 Å². The zero-order valence-corrected chi connectivity index (χ0v) is 12.4. The van der Waals surface area contributed by atoms with Crippen molar-refractivity contribution in [1.82, 2.24) is 5.32 Å². The average Bonchev–Trinajstić information content (AvgIpc) is 2.25. The zero-order valence-electron chi connectivity index (χ0n) is 12.4. The minimum Gasteiger partial charge on any atom is -0.350 e. The highest BCUT2D eigenvalue weighted by Crippen LogP contribution is 2.10. The van der Waals surface area contributed by atoms with E-state index in [-0.39, 0.29) is 11.8 Å². The number of nitrogens with one attached hydrogen (secondary N) is 1. The highest BCUT2D eigenvalue weighted by atomic mass is 16.1. The molecule has 0 radical (unpaired) electrons. The summed E-state index contributed by atoms with van der Waals surface area (Å²) in [5.41, 5.74) is 0. The predicted molar refractivity (Wildman–Crippen MR) is 73.8 cm³/mol. The van der Waals surface area contributed by atoms with E-state index in [9.17, 15) is 4.79 Å². The number of quaternary nitrogens is 1. The first-order valence-corrected chi connectivity index (χ1v) is 7.06. The van der Waals surface area contributed by atoms with Crippen LogP contribution in [0.4, 0.5) is 0 Å². The molecule has 102 valence electrons. The summed E-state index contributed by atoms with van der Waals surface area (Å²) < 4.78 is 0.987. The number of hydrogen-bond donors (Lipinski definition) is 1. The van der Waals surface area contributed by atoms with E-state index < -0.39 is 0 Å². The van der Waals surface area contributed by atoms with Crippen LogP contribution in [0.3, 0.4) is 0 Å². The van der Waals surface area contributed by atoms with Crippen molar-refractivity contribution in [3.63, 3.8) is 0 Å². The van der Waals surface area contributed by atoms with E-state index in [0.29, 0.717) is 0 Å². The molecule has 0 aromatic rings. The molecule has 0 saturated heterocycles. The van der Waals surface area contributed by atoms with Crippen LogP contribution in [0.2, 0.25) is 0 Å². The molecule has 1 atom stereocenters. The summed E-state index contributed by atoms with van der Waals surface area (Å²) in [6.07, 6.45) is 4.24. The van der Waals surface area contributed by atoms with E-state index in [0.717, 1.165) is 36.8 Å². The van der Waals surface area contributed by atoms with Crippen molar-refractivity contribution in [2.24, 2.45) is 5.92 Å². The third kappa shape index (κ3) is 7.37. The first-order valence-electron chi connectivity index (χ1n) is 7.06. The summed E-state index contributed by atoms with van der Waals surface area (Å²) in [7, 11) is 4.44. The number of likely N-dealkylation sites (N-methyl/N-ethyl adjacent to an activating group) is 1. The molecule has 0 aliphatic rings. The Kier molecular flexibility index (Phi) is 8.23. The Labute approximate surface area is 107 Å². The van der Waals surface area contributed by atoms with Gasteiger partial charge in [-0.1, -0.05) is 27.2 Å². The molecule has 3 heteroatoms. The van der Waals surface area contributed by atoms with E-state index in [2.05, 4.69) is 40.2 Å². The molecule has 1 N–H and O–H groups in total. The molecule has 0 bridgehead atoms. The van der Waals surface area contributed by atoms with E-state index in [1.165, 1.54) is 13.0 Å². The summed E-state index contributed by atoms with van der Waals surface area (Å²) in [5, 5.41) is 3.08. The molecule has 0 aromatic heterocycles. The van der Waals surface area contributed by atoms with Gasteiger partial charge in [-0.2, -0.15) is 0 Å². The second-order valence-electron chi connectivity index (χ2n) is 5.57. The van der Waals surface area contributed by atoms with Crippen LogP contribution in [0.15, 0.2) is 0 Å². The van der Waals surface area contributed by atoms with Gasteiger partial charge in [0.05, 0.1) is 33.7 Å². The molecule has 0 aliphatic heterocycles. The van der Waals surface area contributed by atoms with Crippen LogP contribution in [-0.2, 0) is 4.79 Å². The standard InChI is InChI=1S/C14H30N2O/c1-6-9-13(8-3)14(17)15-10-12-16(4,5)11-7-2/h13H,6-12H2,1-5H3/p+1. The van der Waals surface area contributed by atoms with Crippen molar-refractivity contribution in [3.05, 3.63) is 0 Å². The second kappa shape index (κ2) is 8.51. The summed E-state index contributed by atoms with van der Waals surface area (Å²) in [6.45, 7) is 9.41. The molecule has 0 fully saturated rings. The molecule has 0 spiro atoms. The van der Waals surface area contributed by atoms with Crippen LogP contribution in [0.1, 0.15) is 46.5 Å². The maximum absolute atomic E-state index is 11.9. The molecule has 1 unspecified atom stereocenters. The van der Waals surface area contributed by atoms with Gasteiger partial charge in [0.1, 0.15) is 0 Å². The second-order valence-corrected chi connectivity index (χ2v) is 5.57. The van der Waals surface area contributed by atoms with E-state index in [1.807, 2.05) is 0 Å². The summed E-state index contributed by atoms with van der Waals surface area (Å²) in [5.74, 6) is 0.452. The normalized spacial score (nSPS) is 13.5. The highest BCUT2D eigenvalue weighted by molar-refractivity contribution is 5.78. The quantitative estimate of drug-likeness (QED) is 0.619. The summed E-state index contributed by atoms with van der Waals surface area (Å²) >= 11 is 0. The number of hydrogen-bond acceptors (Lipinski definition) is 1. The van der Waals surface area contributed by atoms with Crippen LogP contribution in [0.25, 0.3) is 0 Å². The van der Waals surface area contributed by atoms with Gasteiger partial charge in [0.2, 0.25) is 5.91 Å². The maximum atomic E-state index is 11.9. The smallest absolute Gasteiger partial charge is 0.223 e. The Bertz CT molecular complexity index is 214. The van der Waals surface area contributed by atoms with Crippen molar-refractivity contribution < 1.29 is 9.28 Å². The van der Waals surface area contributed by atoms with Crippen molar-refractivity contribution in [1.29, 1.82) is 0 Å². The minimum absolute atomic E-state index is 0.210. The highest BCUT2D eigenvalue weighted by Gasteiger charge is 2.17. The lowest BCUT2D eigenvalue weighted by Gasteiger charge is -2.29. The van der Waals surface area contributed by atoms with Gasteiger partial charge < -0.3 is 9.80 Å². The first-order chi connectivity index (χ1) is 7.96. The number of amides is 1. The molecule has 1 amide bonds. The van der Waals surface area contributed by atoms with Gasteiger partial charge in [0, 0.05) is 5.92 Å². The molecule has 17 heavy (non-hydrogen) atoms. The van der Waals surface area contributed by atoms with Crippen LogP contribution < -0.4 is 5.32 Å². The molecular weight excluding hydrogens is 212 g/mol. The lowest BCUT2D eigenvalue weighted by molar-refractivity contribution is -0.889. The largest absolute Gasteiger partial charge is 0.350 e. The molecule has 3 nitrogen and oxygen atoms in total. The van der Waals surface area contributed by atoms with Crippen molar-refractivity contribution in [2.75, 3.05) is 33.7 Å². The van der Waals surface area contributed by atoms with Crippen molar-refractivity contribution in [2.45, 2.75) is 46.5 Å². The number of carbonyl (C=O) groups is 1. The zero-order chi connectivity index (χ0) is 13.3. The molecule has 0 saturated carbocycles. The summed E-state index contributed by atoms with van der Waals surface area (Å²) in [6, 6.07) is 0. The number of nitrogens with zero attached hydrogens (tertiary/aromatic N) is 1. The van der Waals surface area contributed by atoms with Gasteiger partial charge in [-0.15, -0.1) is 0 Å². The molecule has 0 aliphatic carbocycles. The topological polar surface area (TPSA) is 29.1 Å². The first kappa shape index (κ1) is 16.4. The van der Waals surface area contributed by atoms with E-state index >= 15 is 0 Å². The van der Waals surface area contributed by atoms with Gasteiger partial charge in [0.15, 0.2) is 0 Å². The molecular formula is C14H31N2O+. The Morgan fingerprint density at radius 1 is 1.12 bits per heavy atom. The van der Waals surface area contributed by atoms with E-state index in [4.69, 9.17) is 0 Å². The number of rotatable bonds is 9. The third-order valence-corrected chi connectivity index (χ3v) is 3.35. The van der Waals surface area contributed by atoms with Gasteiger partial charge in [0.25, 0.3) is 0 Å². The van der Waals surface area contributed by atoms with Crippen LogP contribution >= 0.6 is 0 Å². The predicted octanol–water partition coefficient (Wildman–Crippen LogP) is 2.42. The lowest BCUT2D eigenvalue weighted by Crippen LogP contribution is -2.46. The van der Waals surface area contributed by atoms with Crippen LogP contribution in [0.5, 0.6) is 0 Å². The minimum atomic E-state index is 0.210. The Morgan fingerprint density at radius 3 is 2.24 bits per heavy atom. The van der Waals surface area contributed by atoms with Crippen LogP contribution in [-0.4, -0.2) is 44.1 Å². The Hall–Kier alpha value is -0.570. The fraction of sp³-hybridized carbons (Fsp3) is 0.929. The monoisotopic (exact) mass is 243 g/mol. The van der Waals surface area contributed by atoms with Gasteiger partial charge in [-0.25, -0.2) is 0 Å². The number of carbonyl (C=O) groups excluding carboxylic acids is 1. The van der Waals surface area contributed by atoms with Gasteiger partial charge >= 0.3 is 0 Å². The Morgan fingerprint density at radius 2 is 1.76 bits per heavy atom. The van der Waals surface area contributed by atoms with Crippen molar-refractivity contribution in [3.8, 4) is 0 Å². The van der Waals surface area contributed by atoms with E-state index in [1.54, 1.807) is 0 Å². The van der Waals surface area contributed by atoms with Crippen LogP contribution in [0, 0.1) is 5.92 Å². The SMILES string of the molecule is CCCC(CC)C(=O)NCC[N+](C)(C)CCC. The molecule has 0 heterocycles. The van der Waals surface area contributed by atoms with Gasteiger partial charge in [-0.05, 0) is 19.3 Å². The lowest BCUT2D eigenvalue weighted by atomic mass is 10.00. The average molecular weight is 243 g/mol. The Balaban J connectivity index is 3.91. The molecule has 0 rings (SSSR count). The fourth-order valence-electron chi connectivity index (χ4n) is 2.21. The van der Waals surface area contributed by atoms with Crippen molar-refractivity contribution >= 4 is 5.91 Å². The third-order valence-electron chi connectivity index (χ3n) is 3.35. The maximum Gasteiger partial charge on any atom is 0.223 e. The summed E-state index contributed by atoms with van der Waals surface area (Å²) in [4.78, 5) is 11.9. The molecule has 0 aromatic carbocycles.